The van der Waals surface area contributed by atoms with E-state index in [0.29, 0.717) is 0 Å². The minimum Gasteiger partial charge on any atom is -0.360 e. The molecule has 1 fully saturated rings. The zero-order valence-corrected chi connectivity index (χ0v) is 7.83. The number of rotatable bonds is 0. The van der Waals surface area contributed by atoms with E-state index in [2.05, 4.69) is 4.79 Å². The number of amides is 2. The van der Waals surface area contributed by atoms with Crippen LogP contribution in [0.25, 0.3) is 5.53 Å². The lowest BCUT2D eigenvalue weighted by atomic mass is 10.2. The monoisotopic (exact) mass is 198 g/mol. The third-order valence-electron chi connectivity index (χ3n) is 1.69. The van der Waals surface area contributed by atoms with Crippen molar-refractivity contribution in [3.8, 4) is 0 Å². The first-order chi connectivity index (χ1) is 6.00. The Bertz CT molecular complexity index is 332. The van der Waals surface area contributed by atoms with E-state index in [-0.39, 0.29) is 5.11 Å². The molecule has 0 saturated carbocycles. The lowest BCUT2D eigenvalue weighted by Gasteiger charge is -2.26. The van der Waals surface area contributed by atoms with Crippen molar-refractivity contribution >= 4 is 34.9 Å². The predicted octanol–water partition coefficient (Wildman–Crippen LogP) is -1.13. The molecule has 0 atom stereocenters. The molecule has 0 spiro atoms. The molecule has 6 nitrogen and oxygen atoms in total. The lowest BCUT2D eigenvalue weighted by Crippen LogP contribution is -2.57. The lowest BCUT2D eigenvalue weighted by molar-refractivity contribution is -0.134. The van der Waals surface area contributed by atoms with E-state index in [9.17, 15) is 9.59 Å². The molecular formula is C6H6N4O2S. The van der Waals surface area contributed by atoms with Crippen molar-refractivity contribution in [1.29, 1.82) is 0 Å². The van der Waals surface area contributed by atoms with Crippen molar-refractivity contribution in [3.63, 3.8) is 0 Å². The zero-order valence-electron chi connectivity index (χ0n) is 7.01. The molecule has 0 aliphatic carbocycles. The molecule has 0 radical (unpaired) electrons. The summed E-state index contributed by atoms with van der Waals surface area (Å²) in [5.41, 5.74) is 7.87. The summed E-state index contributed by atoms with van der Waals surface area (Å²) in [5, 5.41) is 0.0856. The molecule has 0 bridgehead atoms. The largest absolute Gasteiger partial charge is 0.444 e. The minimum absolute atomic E-state index is 0.0856. The second-order valence-electron chi connectivity index (χ2n) is 2.46. The Morgan fingerprint density at radius 3 is 1.92 bits per heavy atom. The molecule has 1 rings (SSSR count). The first-order valence-corrected chi connectivity index (χ1v) is 3.73. The molecule has 0 unspecified atom stereocenters. The first kappa shape index (κ1) is 9.50. The van der Waals surface area contributed by atoms with E-state index in [4.69, 9.17) is 17.7 Å². The van der Waals surface area contributed by atoms with Gasteiger partial charge in [0.15, 0.2) is 5.11 Å². The highest BCUT2D eigenvalue weighted by molar-refractivity contribution is 7.80. The van der Waals surface area contributed by atoms with Gasteiger partial charge in [0.05, 0.1) is 0 Å². The van der Waals surface area contributed by atoms with E-state index >= 15 is 0 Å². The van der Waals surface area contributed by atoms with Crippen LogP contribution in [0.4, 0.5) is 0 Å². The molecule has 1 saturated heterocycles. The van der Waals surface area contributed by atoms with Crippen molar-refractivity contribution in [2.45, 2.75) is 0 Å². The Morgan fingerprint density at radius 1 is 1.23 bits per heavy atom. The summed E-state index contributed by atoms with van der Waals surface area (Å²) in [6.07, 6.45) is 0. The molecule has 1 heterocycles. The molecule has 1 aliphatic rings. The zero-order chi connectivity index (χ0) is 10.2. The van der Waals surface area contributed by atoms with Gasteiger partial charge in [-0.3, -0.25) is 19.4 Å². The topological polar surface area (TPSA) is 77.0 Å². The fourth-order valence-electron chi connectivity index (χ4n) is 0.893. The Labute approximate surface area is 79.3 Å². The number of nitrogens with zero attached hydrogens (tertiary/aromatic N) is 4. The maximum Gasteiger partial charge on any atom is 0.444 e. The average Bonchev–Trinajstić information content (AvgIpc) is 2.13. The van der Waals surface area contributed by atoms with Gasteiger partial charge >= 0.3 is 17.5 Å². The van der Waals surface area contributed by atoms with Crippen LogP contribution in [-0.2, 0) is 9.59 Å². The second kappa shape index (κ2) is 3.04. The molecule has 13 heavy (non-hydrogen) atoms. The van der Waals surface area contributed by atoms with Gasteiger partial charge in [-0.05, 0) is 12.2 Å². The maximum atomic E-state index is 11.2. The number of carbonyl (C=O) groups is 2. The van der Waals surface area contributed by atoms with Crippen molar-refractivity contribution in [2.75, 3.05) is 14.1 Å². The van der Waals surface area contributed by atoms with Crippen LogP contribution in [0.1, 0.15) is 0 Å². The second-order valence-corrected chi connectivity index (χ2v) is 2.82. The smallest absolute Gasteiger partial charge is 0.360 e. The molecule has 0 aromatic heterocycles. The highest BCUT2D eigenvalue weighted by Crippen LogP contribution is 2.05. The summed E-state index contributed by atoms with van der Waals surface area (Å²) >= 11 is 4.78. The van der Waals surface area contributed by atoms with Crippen LogP contribution >= 0.6 is 12.2 Å². The van der Waals surface area contributed by atoms with Crippen LogP contribution in [0.5, 0.6) is 0 Å². The first-order valence-electron chi connectivity index (χ1n) is 3.32. The Hall–Kier alpha value is -1.59. The third kappa shape index (κ3) is 1.24. The highest BCUT2D eigenvalue weighted by atomic mass is 32.1. The van der Waals surface area contributed by atoms with Crippen LogP contribution in [-0.4, -0.2) is 51.3 Å². The van der Waals surface area contributed by atoms with Crippen molar-refractivity contribution < 1.29 is 14.4 Å². The van der Waals surface area contributed by atoms with E-state index in [1.54, 1.807) is 0 Å². The summed E-state index contributed by atoms with van der Waals surface area (Å²) < 4.78 is 0. The van der Waals surface area contributed by atoms with Gasteiger partial charge in [-0.15, -0.1) is 0 Å². The van der Waals surface area contributed by atoms with Crippen LogP contribution < -0.4 is 0 Å². The molecule has 0 aromatic rings. The van der Waals surface area contributed by atoms with Gasteiger partial charge in [0.2, 0.25) is 0 Å². The molecular weight excluding hydrogens is 192 g/mol. The van der Waals surface area contributed by atoms with Crippen molar-refractivity contribution in [2.24, 2.45) is 0 Å². The van der Waals surface area contributed by atoms with Crippen LogP contribution in [0.2, 0.25) is 0 Å². The van der Waals surface area contributed by atoms with Crippen LogP contribution in [0.3, 0.4) is 0 Å². The average molecular weight is 198 g/mol. The van der Waals surface area contributed by atoms with Gasteiger partial charge in [0.1, 0.15) is 0 Å². The summed E-state index contributed by atoms with van der Waals surface area (Å²) in [6.45, 7) is 0. The number of carbonyl (C=O) groups excluding carboxylic acids is 2. The van der Waals surface area contributed by atoms with E-state index in [0.717, 1.165) is 9.80 Å². The molecule has 1 aliphatic heterocycles. The van der Waals surface area contributed by atoms with Crippen molar-refractivity contribution in [3.05, 3.63) is 5.53 Å². The fraction of sp³-hybridized carbons (Fsp3) is 0.333. The SMILES string of the molecule is CN1C(=O)C(=[N+]=[N-])C(=O)N(C)C1=S. The number of hydrogen-bond donors (Lipinski definition) is 0. The van der Waals surface area contributed by atoms with E-state index in [1.807, 2.05) is 0 Å². The fourth-order valence-corrected chi connectivity index (χ4v) is 1.06. The molecule has 0 N–H and O–H groups in total. The number of hydrogen-bond acceptors (Lipinski definition) is 3. The van der Waals surface area contributed by atoms with Gasteiger partial charge in [-0.2, -0.15) is 4.79 Å². The van der Waals surface area contributed by atoms with E-state index < -0.39 is 17.5 Å². The Morgan fingerprint density at radius 2 is 1.62 bits per heavy atom. The summed E-state index contributed by atoms with van der Waals surface area (Å²) in [5.74, 6) is -1.40. The van der Waals surface area contributed by atoms with Crippen LogP contribution in [0.15, 0.2) is 0 Å². The van der Waals surface area contributed by atoms with Crippen molar-refractivity contribution in [1.82, 2.24) is 9.80 Å². The Kier molecular flexibility index (Phi) is 2.22. The third-order valence-corrected chi connectivity index (χ3v) is 2.24. The molecule has 68 valence electrons. The standard InChI is InChI=1S/C6H6N4O2S/c1-9-4(11)3(8-7)5(12)10(2)6(9)13/h1-2H3. The summed E-state index contributed by atoms with van der Waals surface area (Å²) in [6, 6.07) is 0. The minimum atomic E-state index is -0.699. The van der Waals surface area contributed by atoms with Gasteiger partial charge in [-0.1, -0.05) is 0 Å². The van der Waals surface area contributed by atoms with Gasteiger partial charge < -0.3 is 5.53 Å². The summed E-state index contributed by atoms with van der Waals surface area (Å²) in [7, 11) is 2.80. The quantitative estimate of drug-likeness (QED) is 0.281. The number of thiocarbonyl (C=S) groups is 1. The van der Waals surface area contributed by atoms with E-state index in [1.165, 1.54) is 14.1 Å². The summed E-state index contributed by atoms with van der Waals surface area (Å²) in [4.78, 5) is 27.2. The van der Waals surface area contributed by atoms with Gasteiger partial charge in [0.25, 0.3) is 0 Å². The molecule has 7 heteroatoms. The normalized spacial score (nSPS) is 18.0. The Balaban J connectivity index is 3.22. The molecule has 0 aromatic carbocycles. The molecule has 2 amide bonds. The predicted molar refractivity (Wildman–Crippen MR) is 46.8 cm³/mol. The highest BCUT2D eigenvalue weighted by Gasteiger charge is 2.43. The maximum absolute atomic E-state index is 11.2. The van der Waals surface area contributed by atoms with Crippen LogP contribution in [0, 0.1) is 0 Å². The van der Waals surface area contributed by atoms with Gasteiger partial charge in [0, 0.05) is 14.1 Å². The van der Waals surface area contributed by atoms with Gasteiger partial charge in [-0.25, -0.2) is 0 Å².